The summed E-state index contributed by atoms with van der Waals surface area (Å²) in [5.41, 5.74) is 0. The van der Waals surface area contributed by atoms with Crippen molar-refractivity contribution in [3.8, 4) is 0 Å². The molecule has 3 heterocycles. The molecule has 3 fully saturated rings. The Labute approximate surface area is 627 Å². The molecule has 0 bridgehead atoms. The number of hydrogen-bond donors (Lipinski definition) is 12. The van der Waals surface area contributed by atoms with Crippen LogP contribution in [-0.2, 0) is 33.2 Å². The summed E-state index contributed by atoms with van der Waals surface area (Å²) in [6, 6.07) is -1.01. The SMILES string of the molecule is CC/C=C\C/C=C\C/C=C\C/C=C\C/C=C\C/C=C\C/C=C\CCCCCCCC(=O)NC(COC1OC(CO)C(OC2OC(CO)C(OC3OC(CO)C(O)C(O)C3O)C(O)C2O)C(O)C1O)C(O)/C=C/CC/C=C/CCCCCCCCCCCCCCCCCCCCCCCCCCCC. The highest BCUT2D eigenvalue weighted by molar-refractivity contribution is 5.76. The molecule has 0 saturated carbocycles. The quantitative estimate of drug-likeness (QED) is 0.0199. The van der Waals surface area contributed by atoms with Crippen molar-refractivity contribution >= 4 is 5.91 Å². The minimum Gasteiger partial charge on any atom is -0.394 e. The number of amides is 1. The first-order chi connectivity index (χ1) is 50.8. The van der Waals surface area contributed by atoms with Crippen LogP contribution in [-0.4, -0.2) is 193 Å². The predicted molar refractivity (Wildman–Crippen MR) is 415 cm³/mol. The van der Waals surface area contributed by atoms with Crippen LogP contribution >= 0.6 is 0 Å². The first-order valence-corrected chi connectivity index (χ1v) is 41.1. The first kappa shape index (κ1) is 94.7. The van der Waals surface area contributed by atoms with E-state index in [-0.39, 0.29) is 18.9 Å². The molecule has 19 heteroatoms. The van der Waals surface area contributed by atoms with Gasteiger partial charge in [0.1, 0.15) is 73.2 Å². The van der Waals surface area contributed by atoms with Crippen LogP contribution < -0.4 is 5.32 Å². The molecule has 3 aliphatic rings. The number of ether oxygens (including phenoxy) is 6. The standard InChI is InChI=1S/C85H147NO18/c1-3-5-7-9-11-13-15-17-19-21-23-25-27-29-31-32-33-34-35-37-38-40-42-44-46-48-50-52-54-56-58-60-62-69(90)68(86-73(91)63-61-59-57-55-53-51-49-47-45-43-41-39-36-30-28-26-24-22-20-18-16-14-12-10-8-6-4-2)67-99-83-79(97)76(94)81(71(65-88)101-83)104-85-80(98)77(95)82(72(66-89)102-85)103-84-78(96)75(93)74(92)70(64-87)100-84/h6,8,12,14,18,20,24,26,30,36,41,43,47,49,52,54,60,62,68-72,74-85,87-90,92-98H,3-5,7,9-11,13,15-17,19,21-23,25,27-29,31-35,37-40,42,44-46,48,50-51,53,55-59,61,63-67H2,1-2H3,(H,86,91)/b8-6-,14-12-,20-18-,26-24-,36-30-,43-41-,49-47-,54-52+,62-60+. The van der Waals surface area contributed by atoms with Crippen molar-refractivity contribution in [1.29, 1.82) is 0 Å². The highest BCUT2D eigenvalue weighted by Crippen LogP contribution is 2.33. The van der Waals surface area contributed by atoms with Crippen LogP contribution in [0.25, 0.3) is 0 Å². The molecule has 19 nitrogen and oxygen atoms in total. The van der Waals surface area contributed by atoms with Gasteiger partial charge in [0.25, 0.3) is 0 Å². The Kier molecular flexibility index (Phi) is 58.5. The number of rotatable bonds is 64. The van der Waals surface area contributed by atoms with E-state index in [0.29, 0.717) is 12.8 Å². The molecular weight excluding hydrogens is 1320 g/mol. The Morgan fingerprint density at radius 2 is 0.673 bits per heavy atom. The minimum atomic E-state index is -1.99. The van der Waals surface area contributed by atoms with Gasteiger partial charge in [0, 0.05) is 6.42 Å². The summed E-state index contributed by atoms with van der Waals surface area (Å²) in [7, 11) is 0. The molecule has 12 N–H and O–H groups in total. The van der Waals surface area contributed by atoms with Gasteiger partial charge < -0.3 is 89.9 Å². The van der Waals surface area contributed by atoms with Gasteiger partial charge in [-0.25, -0.2) is 0 Å². The van der Waals surface area contributed by atoms with Gasteiger partial charge in [0.2, 0.25) is 5.91 Å². The zero-order valence-corrected chi connectivity index (χ0v) is 64.2. The third kappa shape index (κ3) is 43.6. The second-order valence-electron chi connectivity index (χ2n) is 28.8. The summed E-state index contributed by atoms with van der Waals surface area (Å²) >= 11 is 0. The number of allylic oxidation sites excluding steroid dienone is 17. The van der Waals surface area contributed by atoms with Gasteiger partial charge >= 0.3 is 0 Å². The summed E-state index contributed by atoms with van der Waals surface area (Å²) in [4.78, 5) is 13.5. The Hall–Kier alpha value is -3.55. The molecule has 0 spiro atoms. The van der Waals surface area contributed by atoms with Gasteiger partial charge in [0.05, 0.1) is 38.6 Å². The van der Waals surface area contributed by atoms with Gasteiger partial charge in [-0.3, -0.25) is 4.79 Å². The first-order valence-electron chi connectivity index (χ1n) is 41.1. The number of carbonyl (C=O) groups excluding carboxylic acids is 1. The van der Waals surface area contributed by atoms with Crippen molar-refractivity contribution in [2.45, 2.75) is 394 Å². The Morgan fingerprint density at radius 3 is 1.08 bits per heavy atom. The molecule has 0 aliphatic carbocycles. The average molecular weight is 1470 g/mol. The number of unbranched alkanes of at least 4 members (excludes halogenated alkanes) is 32. The summed E-state index contributed by atoms with van der Waals surface area (Å²) in [5, 5.41) is 121. The van der Waals surface area contributed by atoms with E-state index in [0.717, 1.165) is 96.3 Å². The molecule has 600 valence electrons. The van der Waals surface area contributed by atoms with Crippen molar-refractivity contribution in [3.05, 3.63) is 109 Å². The number of carbonyl (C=O) groups is 1. The summed E-state index contributed by atoms with van der Waals surface area (Å²) in [6.07, 6.45) is 62.2. The van der Waals surface area contributed by atoms with Gasteiger partial charge in [-0.2, -0.15) is 0 Å². The number of nitrogens with one attached hydrogen (secondary N) is 1. The lowest BCUT2D eigenvalue weighted by Crippen LogP contribution is -2.66. The van der Waals surface area contributed by atoms with E-state index in [9.17, 15) is 61.0 Å². The molecule has 17 atom stereocenters. The largest absolute Gasteiger partial charge is 0.394 e. The van der Waals surface area contributed by atoms with E-state index in [4.69, 9.17) is 28.4 Å². The Morgan fingerprint density at radius 1 is 0.356 bits per heavy atom. The van der Waals surface area contributed by atoms with Crippen LogP contribution in [0.3, 0.4) is 0 Å². The molecule has 3 aliphatic heterocycles. The van der Waals surface area contributed by atoms with Crippen LogP contribution in [0.1, 0.15) is 290 Å². The van der Waals surface area contributed by atoms with E-state index in [1.807, 2.05) is 6.08 Å². The molecule has 0 radical (unpaired) electrons. The Bertz CT molecular complexity index is 2300. The molecule has 3 rings (SSSR count). The molecule has 104 heavy (non-hydrogen) atoms. The minimum absolute atomic E-state index is 0.206. The number of aliphatic hydroxyl groups is 11. The van der Waals surface area contributed by atoms with Crippen molar-refractivity contribution < 1.29 is 89.4 Å². The maximum absolute atomic E-state index is 13.5. The van der Waals surface area contributed by atoms with Crippen LogP contribution in [0.2, 0.25) is 0 Å². The fourth-order valence-electron chi connectivity index (χ4n) is 13.2. The van der Waals surface area contributed by atoms with E-state index in [1.165, 1.54) is 161 Å². The third-order valence-corrected chi connectivity index (χ3v) is 19.8. The fourth-order valence-corrected chi connectivity index (χ4v) is 13.2. The number of aliphatic hydroxyl groups excluding tert-OH is 11. The normalized spacial score (nSPS) is 26.5. The second-order valence-corrected chi connectivity index (χ2v) is 28.8. The van der Waals surface area contributed by atoms with Crippen molar-refractivity contribution in [2.75, 3.05) is 26.4 Å². The van der Waals surface area contributed by atoms with Crippen LogP contribution in [0.15, 0.2) is 109 Å². The molecule has 1 amide bonds. The molecular formula is C85H147NO18. The highest BCUT2D eigenvalue weighted by atomic mass is 16.8. The van der Waals surface area contributed by atoms with Crippen LogP contribution in [0.4, 0.5) is 0 Å². The summed E-state index contributed by atoms with van der Waals surface area (Å²) < 4.78 is 34.4. The van der Waals surface area contributed by atoms with Gasteiger partial charge in [-0.15, -0.1) is 0 Å². The lowest BCUT2D eigenvalue weighted by Gasteiger charge is -2.48. The van der Waals surface area contributed by atoms with Crippen molar-refractivity contribution in [2.24, 2.45) is 0 Å². The number of hydrogen-bond acceptors (Lipinski definition) is 18. The van der Waals surface area contributed by atoms with Crippen molar-refractivity contribution in [3.63, 3.8) is 0 Å². The van der Waals surface area contributed by atoms with Crippen molar-refractivity contribution in [1.82, 2.24) is 5.32 Å². The molecule has 0 aromatic carbocycles. The van der Waals surface area contributed by atoms with Crippen LogP contribution in [0.5, 0.6) is 0 Å². The van der Waals surface area contributed by atoms with Gasteiger partial charge in [0.15, 0.2) is 18.9 Å². The summed E-state index contributed by atoms with van der Waals surface area (Å²) in [5.74, 6) is -0.306. The van der Waals surface area contributed by atoms with E-state index in [1.54, 1.807) is 6.08 Å². The van der Waals surface area contributed by atoms with E-state index >= 15 is 0 Å². The van der Waals surface area contributed by atoms with Gasteiger partial charge in [-0.1, -0.05) is 303 Å². The van der Waals surface area contributed by atoms with Crippen LogP contribution in [0, 0.1) is 0 Å². The topological polar surface area (TPSA) is 307 Å². The Balaban J connectivity index is 1.39. The zero-order chi connectivity index (χ0) is 75.3. The molecule has 0 aromatic heterocycles. The third-order valence-electron chi connectivity index (χ3n) is 19.8. The molecule has 3 saturated heterocycles. The molecule has 17 unspecified atom stereocenters. The predicted octanol–water partition coefficient (Wildman–Crippen LogP) is 14.1. The average Bonchev–Trinajstić information content (AvgIpc) is 0.783. The monoisotopic (exact) mass is 1470 g/mol. The highest BCUT2D eigenvalue weighted by Gasteiger charge is 2.54. The second kappa shape index (κ2) is 64.3. The maximum atomic E-state index is 13.5. The fraction of sp³-hybridized carbons (Fsp3) is 0.776. The lowest BCUT2D eigenvalue weighted by molar-refractivity contribution is -0.379. The zero-order valence-electron chi connectivity index (χ0n) is 64.2. The maximum Gasteiger partial charge on any atom is 0.220 e. The van der Waals surface area contributed by atoms with E-state index < -0.39 is 124 Å². The van der Waals surface area contributed by atoms with Gasteiger partial charge in [-0.05, 0) is 89.9 Å². The lowest BCUT2D eigenvalue weighted by atomic mass is 9.96. The molecule has 0 aromatic rings. The smallest absolute Gasteiger partial charge is 0.220 e. The summed E-state index contributed by atoms with van der Waals surface area (Å²) in [6.45, 7) is 1.61. The van der Waals surface area contributed by atoms with E-state index in [2.05, 4.69) is 116 Å².